The first-order valence-corrected chi connectivity index (χ1v) is 10.7. The van der Waals surface area contributed by atoms with Gasteiger partial charge in [0.15, 0.2) is 11.5 Å². The van der Waals surface area contributed by atoms with Crippen molar-refractivity contribution >= 4 is 29.1 Å². The molecule has 1 atom stereocenters. The van der Waals surface area contributed by atoms with Crippen molar-refractivity contribution in [2.75, 3.05) is 25.7 Å². The number of nitrogens with two attached hydrogens (primary N) is 1. The van der Waals surface area contributed by atoms with Crippen LogP contribution in [0.15, 0.2) is 60.7 Å². The Morgan fingerprint density at radius 2 is 1.70 bits per heavy atom. The number of hydrogen-bond acceptors (Lipinski definition) is 5. The Morgan fingerprint density at radius 1 is 1.00 bits per heavy atom. The van der Waals surface area contributed by atoms with Crippen molar-refractivity contribution in [3.05, 3.63) is 76.8 Å². The van der Waals surface area contributed by atoms with E-state index in [0.717, 1.165) is 5.56 Å². The van der Waals surface area contributed by atoms with Crippen molar-refractivity contribution in [1.82, 2.24) is 0 Å². The highest BCUT2D eigenvalue weighted by atomic mass is 35.5. The molecule has 1 saturated heterocycles. The zero-order chi connectivity index (χ0) is 23.5. The second-order valence-corrected chi connectivity index (χ2v) is 8.01. The molecule has 1 fully saturated rings. The molecule has 0 bridgehead atoms. The van der Waals surface area contributed by atoms with Gasteiger partial charge in [-0.05, 0) is 48.0 Å². The molecule has 0 saturated carbocycles. The molecule has 0 radical (unpaired) electrons. The summed E-state index contributed by atoms with van der Waals surface area (Å²) < 4.78 is 16.9. The number of benzene rings is 3. The lowest BCUT2D eigenvalue weighted by atomic mass is 9.98. The number of rotatable bonds is 7. The van der Waals surface area contributed by atoms with Crippen molar-refractivity contribution in [1.29, 1.82) is 0 Å². The molecule has 2 amide bonds. The van der Waals surface area contributed by atoms with Gasteiger partial charge in [-0.15, -0.1) is 0 Å². The first-order valence-electron chi connectivity index (χ1n) is 10.3. The molecule has 1 aliphatic rings. The lowest BCUT2D eigenvalue weighted by Crippen LogP contribution is -2.24. The number of carbonyl (C=O) groups excluding carboxylic acids is 2. The topological polar surface area (TPSA) is 91.1 Å². The molecule has 8 heteroatoms. The SMILES string of the molecule is COc1cccc(OC)c1Oc1cc([C@H]2CC(=O)N(c3cccc(C(N)=O)c3)C2)ccc1Cl. The number of anilines is 1. The molecule has 0 spiro atoms. The zero-order valence-electron chi connectivity index (χ0n) is 18.2. The third-order valence-corrected chi connectivity index (χ3v) is 5.90. The molecule has 1 heterocycles. The second-order valence-electron chi connectivity index (χ2n) is 7.60. The van der Waals surface area contributed by atoms with Gasteiger partial charge in [-0.3, -0.25) is 9.59 Å². The van der Waals surface area contributed by atoms with Gasteiger partial charge in [-0.1, -0.05) is 29.8 Å². The first kappa shape index (κ1) is 22.5. The van der Waals surface area contributed by atoms with E-state index in [2.05, 4.69) is 0 Å². The fourth-order valence-corrected chi connectivity index (χ4v) is 4.04. The highest BCUT2D eigenvalue weighted by molar-refractivity contribution is 6.32. The lowest BCUT2D eigenvalue weighted by molar-refractivity contribution is -0.117. The van der Waals surface area contributed by atoms with Crippen molar-refractivity contribution in [2.45, 2.75) is 12.3 Å². The summed E-state index contributed by atoms with van der Waals surface area (Å²) in [4.78, 5) is 26.0. The average Bonchev–Trinajstić information content (AvgIpc) is 3.22. The van der Waals surface area contributed by atoms with Gasteiger partial charge in [-0.25, -0.2) is 0 Å². The summed E-state index contributed by atoms with van der Waals surface area (Å²) in [6.07, 6.45) is 0.319. The first-order chi connectivity index (χ1) is 15.9. The monoisotopic (exact) mass is 466 g/mol. The molecular weight excluding hydrogens is 444 g/mol. The van der Waals surface area contributed by atoms with Gasteiger partial charge in [0.25, 0.3) is 0 Å². The summed E-state index contributed by atoms with van der Waals surface area (Å²) in [6.45, 7) is 0.458. The average molecular weight is 467 g/mol. The van der Waals surface area contributed by atoms with E-state index >= 15 is 0 Å². The van der Waals surface area contributed by atoms with E-state index in [1.807, 2.05) is 12.1 Å². The molecule has 3 aromatic carbocycles. The minimum absolute atomic E-state index is 0.0366. The maximum atomic E-state index is 12.8. The van der Waals surface area contributed by atoms with Crippen LogP contribution in [-0.2, 0) is 4.79 Å². The Balaban J connectivity index is 1.61. The van der Waals surface area contributed by atoms with Gasteiger partial charge in [-0.2, -0.15) is 0 Å². The number of amides is 2. The maximum Gasteiger partial charge on any atom is 0.248 e. The largest absolute Gasteiger partial charge is 0.493 e. The Kier molecular flexibility index (Phi) is 6.42. The van der Waals surface area contributed by atoms with Crippen molar-refractivity contribution in [3.63, 3.8) is 0 Å². The van der Waals surface area contributed by atoms with Gasteiger partial charge in [0, 0.05) is 30.1 Å². The molecule has 0 aromatic heterocycles. The second kappa shape index (κ2) is 9.42. The molecule has 7 nitrogen and oxygen atoms in total. The van der Waals surface area contributed by atoms with Crippen LogP contribution < -0.4 is 24.8 Å². The molecule has 0 unspecified atom stereocenters. The van der Waals surface area contributed by atoms with E-state index in [9.17, 15) is 9.59 Å². The maximum absolute atomic E-state index is 12.8. The third-order valence-electron chi connectivity index (χ3n) is 5.59. The van der Waals surface area contributed by atoms with Crippen LogP contribution in [0.3, 0.4) is 0 Å². The van der Waals surface area contributed by atoms with Gasteiger partial charge < -0.3 is 24.8 Å². The molecule has 0 aliphatic carbocycles. The van der Waals surface area contributed by atoms with Gasteiger partial charge in [0.2, 0.25) is 17.6 Å². The number of nitrogens with zero attached hydrogens (tertiary/aromatic N) is 1. The number of halogens is 1. The molecule has 2 N–H and O–H groups in total. The van der Waals surface area contributed by atoms with Crippen LogP contribution in [0.4, 0.5) is 5.69 Å². The van der Waals surface area contributed by atoms with E-state index in [0.29, 0.717) is 52.2 Å². The van der Waals surface area contributed by atoms with Gasteiger partial charge in [0.05, 0.1) is 19.2 Å². The van der Waals surface area contributed by atoms with Crippen LogP contribution in [0.1, 0.15) is 28.3 Å². The predicted molar refractivity (Wildman–Crippen MR) is 126 cm³/mol. The van der Waals surface area contributed by atoms with Gasteiger partial charge >= 0.3 is 0 Å². The quantitative estimate of drug-likeness (QED) is 0.541. The van der Waals surface area contributed by atoms with Gasteiger partial charge in [0.1, 0.15) is 5.75 Å². The molecule has 33 heavy (non-hydrogen) atoms. The Bertz CT molecular complexity index is 1190. The molecule has 1 aliphatic heterocycles. The van der Waals surface area contributed by atoms with Crippen LogP contribution in [0.25, 0.3) is 0 Å². The molecular formula is C25H23ClN2O5. The van der Waals surface area contributed by atoms with Crippen LogP contribution >= 0.6 is 11.6 Å². The van der Waals surface area contributed by atoms with Crippen molar-refractivity contribution in [3.8, 4) is 23.0 Å². The van der Waals surface area contributed by atoms with E-state index < -0.39 is 5.91 Å². The minimum Gasteiger partial charge on any atom is -0.493 e. The molecule has 3 aromatic rings. The van der Waals surface area contributed by atoms with E-state index in [-0.39, 0.29) is 11.8 Å². The van der Waals surface area contributed by atoms with Crippen molar-refractivity contribution in [2.24, 2.45) is 5.73 Å². The van der Waals surface area contributed by atoms with Crippen LogP contribution in [0.2, 0.25) is 5.02 Å². The number of carbonyl (C=O) groups is 2. The van der Waals surface area contributed by atoms with Crippen LogP contribution in [0.5, 0.6) is 23.0 Å². The third kappa shape index (κ3) is 4.59. The smallest absolute Gasteiger partial charge is 0.248 e. The molecule has 4 rings (SSSR count). The minimum atomic E-state index is -0.536. The number of methoxy groups -OCH3 is 2. The zero-order valence-corrected chi connectivity index (χ0v) is 19.0. The highest BCUT2D eigenvalue weighted by Crippen LogP contribution is 2.43. The summed E-state index contributed by atoms with van der Waals surface area (Å²) in [5, 5.41) is 0.419. The van der Waals surface area contributed by atoms with Crippen LogP contribution in [0, 0.1) is 0 Å². The normalized spacial score (nSPS) is 15.4. The highest BCUT2D eigenvalue weighted by Gasteiger charge is 2.32. The Labute approximate surface area is 196 Å². The van der Waals surface area contributed by atoms with E-state index in [4.69, 9.17) is 31.5 Å². The summed E-state index contributed by atoms with van der Waals surface area (Å²) in [7, 11) is 3.09. The fourth-order valence-electron chi connectivity index (χ4n) is 3.89. The number of ether oxygens (including phenoxy) is 3. The van der Waals surface area contributed by atoms with Crippen molar-refractivity contribution < 1.29 is 23.8 Å². The number of primary amides is 1. The van der Waals surface area contributed by atoms with Crippen LogP contribution in [-0.4, -0.2) is 32.6 Å². The van der Waals surface area contributed by atoms with E-state index in [1.165, 1.54) is 0 Å². The molecule has 170 valence electrons. The lowest BCUT2D eigenvalue weighted by Gasteiger charge is -2.18. The number of hydrogen-bond donors (Lipinski definition) is 1. The summed E-state index contributed by atoms with van der Waals surface area (Å²) in [5.74, 6) is 1.21. The Morgan fingerprint density at radius 3 is 2.36 bits per heavy atom. The summed E-state index contributed by atoms with van der Waals surface area (Å²) >= 11 is 6.42. The van der Waals surface area contributed by atoms with E-state index in [1.54, 1.807) is 67.7 Å². The standard InChI is InChI=1S/C25H23ClN2O5/c1-31-20-7-4-8-21(32-2)24(20)33-22-12-15(9-10-19(22)26)17-13-23(29)28(14-17)18-6-3-5-16(11-18)25(27)30/h3-12,17H,13-14H2,1-2H3,(H2,27,30)/t17-/m0/s1. The summed E-state index contributed by atoms with van der Waals surface area (Å²) in [5.41, 5.74) is 7.29. The predicted octanol–water partition coefficient (Wildman–Crippen LogP) is 4.77. The summed E-state index contributed by atoms with van der Waals surface area (Å²) in [6, 6.07) is 17.6. The Hall–Kier alpha value is -3.71. The fraction of sp³-hybridized carbons (Fsp3) is 0.200. The number of para-hydroxylation sites is 1.